The van der Waals surface area contributed by atoms with Crippen LogP contribution in [0.1, 0.15) is 59.2 Å². The van der Waals surface area contributed by atoms with Gasteiger partial charge in [0.05, 0.1) is 30.9 Å². The van der Waals surface area contributed by atoms with Gasteiger partial charge in [0, 0.05) is 6.42 Å². The summed E-state index contributed by atoms with van der Waals surface area (Å²) in [5.41, 5.74) is 3.40. The SMILES string of the molecule is Cc1cc(C(NC(=O)[C@@H]2C[C@@H](F)CN2C(=O)Cc2cn[nH]n2)c2ccccc2)cc(F)c1C1CC1. The Labute approximate surface area is 201 Å². The second kappa shape index (κ2) is 9.56. The van der Waals surface area contributed by atoms with Gasteiger partial charge in [-0.1, -0.05) is 36.4 Å². The fraction of sp³-hybridized carbons (Fsp3) is 0.385. The van der Waals surface area contributed by atoms with Gasteiger partial charge in [-0.05, 0) is 54.0 Å². The number of aryl methyl sites for hydroxylation is 1. The van der Waals surface area contributed by atoms with Gasteiger partial charge < -0.3 is 10.2 Å². The molecule has 0 bridgehead atoms. The highest BCUT2D eigenvalue weighted by molar-refractivity contribution is 5.89. The Morgan fingerprint density at radius 1 is 1.20 bits per heavy atom. The van der Waals surface area contributed by atoms with E-state index in [1.807, 2.05) is 43.3 Å². The summed E-state index contributed by atoms with van der Waals surface area (Å²) in [6.45, 7) is 1.73. The lowest BCUT2D eigenvalue weighted by molar-refractivity contribution is -0.138. The fourth-order valence-corrected chi connectivity index (χ4v) is 4.96. The summed E-state index contributed by atoms with van der Waals surface area (Å²) in [4.78, 5) is 27.5. The predicted molar refractivity (Wildman–Crippen MR) is 125 cm³/mol. The van der Waals surface area contributed by atoms with Crippen molar-refractivity contribution in [2.45, 2.75) is 56.8 Å². The third-order valence-corrected chi connectivity index (χ3v) is 6.77. The van der Waals surface area contributed by atoms with Gasteiger partial charge in [-0.15, -0.1) is 0 Å². The molecule has 7 nitrogen and oxygen atoms in total. The number of H-pyrrole nitrogens is 1. The van der Waals surface area contributed by atoms with Crippen molar-refractivity contribution in [2.75, 3.05) is 6.54 Å². The molecule has 5 rings (SSSR count). The van der Waals surface area contributed by atoms with Crippen LogP contribution >= 0.6 is 0 Å². The molecule has 1 aliphatic carbocycles. The molecule has 3 aromatic rings. The van der Waals surface area contributed by atoms with Crippen LogP contribution in [0.2, 0.25) is 0 Å². The van der Waals surface area contributed by atoms with E-state index >= 15 is 4.39 Å². The molecule has 1 saturated carbocycles. The molecule has 2 N–H and O–H groups in total. The van der Waals surface area contributed by atoms with Gasteiger partial charge in [-0.3, -0.25) is 9.59 Å². The number of nitrogens with zero attached hydrogens (tertiary/aromatic N) is 3. The fourth-order valence-electron chi connectivity index (χ4n) is 4.96. The number of halogens is 2. The molecule has 1 saturated heterocycles. The number of likely N-dealkylation sites (tertiary alicyclic amines) is 1. The maximum atomic E-state index is 15.1. The highest BCUT2D eigenvalue weighted by Crippen LogP contribution is 2.43. The summed E-state index contributed by atoms with van der Waals surface area (Å²) in [7, 11) is 0. The molecule has 0 spiro atoms. The van der Waals surface area contributed by atoms with Crippen LogP contribution in [0.4, 0.5) is 8.78 Å². The number of nitrogens with one attached hydrogen (secondary N) is 2. The predicted octanol–water partition coefficient (Wildman–Crippen LogP) is 3.52. The van der Waals surface area contributed by atoms with Crippen LogP contribution in [0.25, 0.3) is 0 Å². The number of rotatable bonds is 7. The molecule has 2 amide bonds. The van der Waals surface area contributed by atoms with Gasteiger partial charge in [0.2, 0.25) is 11.8 Å². The van der Waals surface area contributed by atoms with E-state index in [9.17, 15) is 14.0 Å². The number of amides is 2. The Bertz CT molecular complexity index is 1190. The molecule has 1 aromatic heterocycles. The van der Waals surface area contributed by atoms with Crippen molar-refractivity contribution >= 4 is 11.8 Å². The van der Waals surface area contributed by atoms with Gasteiger partial charge >= 0.3 is 0 Å². The largest absolute Gasteiger partial charge is 0.343 e. The van der Waals surface area contributed by atoms with Crippen molar-refractivity contribution in [2.24, 2.45) is 0 Å². The minimum absolute atomic E-state index is 0.0812. The second-order valence-electron chi connectivity index (χ2n) is 9.39. The van der Waals surface area contributed by atoms with Gasteiger partial charge in [-0.25, -0.2) is 8.78 Å². The molecule has 1 unspecified atom stereocenters. The Morgan fingerprint density at radius 2 is 1.97 bits per heavy atom. The van der Waals surface area contributed by atoms with E-state index in [2.05, 4.69) is 20.7 Å². The average molecular weight is 480 g/mol. The zero-order chi connectivity index (χ0) is 24.5. The Kier molecular flexibility index (Phi) is 6.32. The number of carbonyl (C=O) groups is 2. The van der Waals surface area contributed by atoms with E-state index < -0.39 is 30.1 Å². The van der Waals surface area contributed by atoms with Crippen LogP contribution in [0.5, 0.6) is 0 Å². The van der Waals surface area contributed by atoms with E-state index in [1.165, 1.54) is 17.2 Å². The molecule has 0 radical (unpaired) electrons. The minimum Gasteiger partial charge on any atom is -0.343 e. The van der Waals surface area contributed by atoms with Crippen molar-refractivity contribution in [3.05, 3.63) is 82.4 Å². The van der Waals surface area contributed by atoms with Crippen molar-refractivity contribution in [3.63, 3.8) is 0 Å². The molecule has 2 heterocycles. The lowest BCUT2D eigenvalue weighted by Crippen LogP contribution is -2.47. The van der Waals surface area contributed by atoms with E-state index in [0.717, 1.165) is 29.5 Å². The number of alkyl halides is 1. The number of hydrogen-bond donors (Lipinski definition) is 2. The lowest BCUT2D eigenvalue weighted by Gasteiger charge is -2.27. The third-order valence-electron chi connectivity index (χ3n) is 6.77. The third kappa shape index (κ3) is 4.94. The topological polar surface area (TPSA) is 91.0 Å². The molecule has 3 atom stereocenters. The first kappa shape index (κ1) is 23.1. The normalized spacial score (nSPS) is 20.6. The minimum atomic E-state index is -1.31. The summed E-state index contributed by atoms with van der Waals surface area (Å²) in [6.07, 6.45) is 1.91. The Balaban J connectivity index is 1.41. The maximum Gasteiger partial charge on any atom is 0.243 e. The van der Waals surface area contributed by atoms with Crippen LogP contribution in [-0.4, -0.2) is 50.9 Å². The molecule has 35 heavy (non-hydrogen) atoms. The van der Waals surface area contributed by atoms with Crippen molar-refractivity contribution in [3.8, 4) is 0 Å². The quantitative estimate of drug-likeness (QED) is 0.543. The summed E-state index contributed by atoms with van der Waals surface area (Å²) in [5.74, 6) is -0.882. The zero-order valence-corrected chi connectivity index (χ0v) is 19.4. The van der Waals surface area contributed by atoms with E-state index in [-0.39, 0.29) is 31.1 Å². The molecule has 2 aliphatic rings. The molecule has 2 fully saturated rings. The van der Waals surface area contributed by atoms with Crippen LogP contribution in [-0.2, 0) is 16.0 Å². The average Bonchev–Trinajstić information content (AvgIpc) is 3.37. The summed E-state index contributed by atoms with van der Waals surface area (Å²) >= 11 is 0. The second-order valence-corrected chi connectivity index (χ2v) is 9.39. The summed E-state index contributed by atoms with van der Waals surface area (Å²) in [5, 5.41) is 13.0. The highest BCUT2D eigenvalue weighted by Gasteiger charge is 2.40. The zero-order valence-electron chi connectivity index (χ0n) is 19.4. The molecule has 2 aromatic carbocycles. The van der Waals surface area contributed by atoms with Gasteiger partial charge in [0.15, 0.2) is 0 Å². The van der Waals surface area contributed by atoms with Crippen LogP contribution in [0.3, 0.4) is 0 Å². The Hall–Kier alpha value is -3.62. The number of carbonyl (C=O) groups excluding carboxylic acids is 2. The molecule has 182 valence electrons. The maximum absolute atomic E-state index is 15.1. The van der Waals surface area contributed by atoms with E-state index in [4.69, 9.17) is 0 Å². The molecular weight excluding hydrogens is 452 g/mol. The summed E-state index contributed by atoms with van der Waals surface area (Å²) in [6, 6.07) is 11.0. The first-order valence-electron chi connectivity index (χ1n) is 11.8. The molecule has 9 heteroatoms. The van der Waals surface area contributed by atoms with Crippen LogP contribution < -0.4 is 5.32 Å². The van der Waals surface area contributed by atoms with Gasteiger partial charge in [-0.2, -0.15) is 15.4 Å². The highest BCUT2D eigenvalue weighted by atomic mass is 19.1. The Morgan fingerprint density at radius 3 is 2.63 bits per heavy atom. The standard InChI is InChI=1S/C26H27F2N5O2/c1-15-9-18(10-21(28)24(15)16-7-8-16)25(17-5-3-2-4-6-17)30-26(35)22-11-19(27)14-33(22)23(34)12-20-13-29-32-31-20/h2-6,9-10,13,16,19,22,25H,7-8,11-12,14H2,1H3,(H,30,35)(H,29,31,32)/t19-,22+,25?/m1/s1. The first-order valence-corrected chi connectivity index (χ1v) is 11.8. The van der Waals surface area contributed by atoms with E-state index in [1.54, 1.807) is 0 Å². The van der Waals surface area contributed by atoms with Gasteiger partial charge in [0.1, 0.15) is 18.0 Å². The van der Waals surface area contributed by atoms with Crippen molar-refractivity contribution < 1.29 is 18.4 Å². The smallest absolute Gasteiger partial charge is 0.243 e. The van der Waals surface area contributed by atoms with Gasteiger partial charge in [0.25, 0.3) is 0 Å². The number of benzene rings is 2. The van der Waals surface area contributed by atoms with Crippen LogP contribution in [0, 0.1) is 12.7 Å². The number of aromatic nitrogens is 3. The van der Waals surface area contributed by atoms with E-state index in [0.29, 0.717) is 11.3 Å². The van der Waals surface area contributed by atoms with Crippen LogP contribution in [0.15, 0.2) is 48.7 Å². The first-order chi connectivity index (χ1) is 16.9. The molecule has 1 aliphatic heterocycles. The monoisotopic (exact) mass is 479 g/mol. The lowest BCUT2D eigenvalue weighted by atomic mass is 9.93. The molecular formula is C26H27F2N5O2. The number of aromatic amines is 1. The van der Waals surface area contributed by atoms with Crippen molar-refractivity contribution in [1.29, 1.82) is 0 Å². The number of hydrogen-bond acceptors (Lipinski definition) is 4. The summed E-state index contributed by atoms with van der Waals surface area (Å²) < 4.78 is 29.5. The van der Waals surface area contributed by atoms with Crippen molar-refractivity contribution in [1.82, 2.24) is 25.6 Å².